The molecular formula is C16H30. The van der Waals surface area contributed by atoms with Crippen LogP contribution in [0.4, 0.5) is 0 Å². The van der Waals surface area contributed by atoms with Crippen molar-refractivity contribution in [3.63, 3.8) is 0 Å². The number of hydrogen-bond acceptors (Lipinski definition) is 0. The first kappa shape index (κ1) is 13.8. The Kier molecular flexibility index (Phi) is 6.84. The molecule has 0 N–H and O–H groups in total. The first-order valence-electron chi connectivity index (χ1n) is 7.35. The molecule has 0 amide bonds. The van der Waals surface area contributed by atoms with E-state index in [9.17, 15) is 0 Å². The highest BCUT2D eigenvalue weighted by molar-refractivity contribution is 4.80. The molecule has 0 bridgehead atoms. The van der Waals surface area contributed by atoms with E-state index in [-0.39, 0.29) is 0 Å². The molecule has 2 saturated carbocycles. The Morgan fingerprint density at radius 2 is 1.19 bits per heavy atom. The minimum atomic E-state index is 0.851. The third-order valence-electron chi connectivity index (χ3n) is 4.29. The lowest BCUT2D eigenvalue weighted by Gasteiger charge is -2.22. The zero-order valence-electron chi connectivity index (χ0n) is 11.4. The van der Waals surface area contributed by atoms with Crippen LogP contribution in [0.15, 0.2) is 12.7 Å². The van der Waals surface area contributed by atoms with E-state index in [1.807, 2.05) is 0 Å². The highest BCUT2D eigenvalue weighted by atomic mass is 14.2. The maximum Gasteiger partial charge on any atom is -0.0236 e. The van der Waals surface area contributed by atoms with Crippen LogP contribution in [0.25, 0.3) is 0 Å². The molecule has 2 aliphatic carbocycles. The molecule has 2 rings (SSSR count). The van der Waals surface area contributed by atoms with Crippen LogP contribution in [0, 0.1) is 17.8 Å². The van der Waals surface area contributed by atoms with E-state index in [2.05, 4.69) is 26.5 Å². The first-order chi connectivity index (χ1) is 7.72. The highest BCUT2D eigenvalue weighted by Crippen LogP contribution is 2.27. The molecule has 16 heavy (non-hydrogen) atoms. The predicted molar refractivity (Wildman–Crippen MR) is 73.6 cm³/mol. The molecule has 0 aromatic heterocycles. The third-order valence-corrected chi connectivity index (χ3v) is 4.29. The van der Waals surface area contributed by atoms with E-state index < -0.39 is 0 Å². The van der Waals surface area contributed by atoms with Gasteiger partial charge >= 0.3 is 0 Å². The van der Waals surface area contributed by atoms with Crippen LogP contribution in [-0.4, -0.2) is 0 Å². The molecule has 0 radical (unpaired) electrons. The summed E-state index contributed by atoms with van der Waals surface area (Å²) in [7, 11) is 0. The van der Waals surface area contributed by atoms with Crippen LogP contribution in [-0.2, 0) is 0 Å². The van der Waals surface area contributed by atoms with Crippen LogP contribution >= 0.6 is 0 Å². The van der Waals surface area contributed by atoms with Gasteiger partial charge in [0, 0.05) is 0 Å². The van der Waals surface area contributed by atoms with E-state index in [0.717, 1.165) is 17.8 Å². The zero-order chi connectivity index (χ0) is 11.8. The fourth-order valence-corrected chi connectivity index (χ4v) is 2.80. The Morgan fingerprint density at radius 3 is 1.50 bits per heavy atom. The van der Waals surface area contributed by atoms with Crippen molar-refractivity contribution in [3.8, 4) is 0 Å². The summed E-state index contributed by atoms with van der Waals surface area (Å²) in [6.45, 7) is 8.52. The molecule has 94 valence electrons. The van der Waals surface area contributed by atoms with Gasteiger partial charge in [-0.05, 0) is 30.6 Å². The molecule has 0 saturated heterocycles. The molecule has 0 heteroatoms. The van der Waals surface area contributed by atoms with Crippen molar-refractivity contribution in [2.24, 2.45) is 17.8 Å². The number of allylic oxidation sites excluding steroid dienone is 1. The minimum Gasteiger partial charge on any atom is -0.103 e. The van der Waals surface area contributed by atoms with Crippen LogP contribution in [0.5, 0.6) is 0 Å². The molecule has 0 spiro atoms. The summed E-state index contributed by atoms with van der Waals surface area (Å²) < 4.78 is 0. The molecule has 0 aliphatic heterocycles. The van der Waals surface area contributed by atoms with Gasteiger partial charge < -0.3 is 0 Å². The van der Waals surface area contributed by atoms with E-state index in [1.165, 1.54) is 57.8 Å². The third kappa shape index (κ3) is 5.72. The van der Waals surface area contributed by atoms with Gasteiger partial charge in [0.05, 0.1) is 0 Å². The van der Waals surface area contributed by atoms with E-state index in [4.69, 9.17) is 0 Å². The summed E-state index contributed by atoms with van der Waals surface area (Å²) >= 11 is 0. The molecule has 2 fully saturated rings. The van der Waals surface area contributed by atoms with Crippen LogP contribution < -0.4 is 0 Å². The van der Waals surface area contributed by atoms with Crippen molar-refractivity contribution in [2.75, 3.05) is 0 Å². The summed E-state index contributed by atoms with van der Waals surface area (Å²) in [4.78, 5) is 0. The Morgan fingerprint density at radius 1 is 0.750 bits per heavy atom. The van der Waals surface area contributed by atoms with Gasteiger partial charge in [-0.3, -0.25) is 0 Å². The predicted octanol–water partition coefficient (Wildman–Crippen LogP) is 5.59. The fourth-order valence-electron chi connectivity index (χ4n) is 2.80. The molecule has 0 aromatic rings. The summed E-state index contributed by atoms with van der Waals surface area (Å²) in [5.74, 6) is 2.89. The lowest BCUT2D eigenvalue weighted by atomic mass is 9.84. The lowest BCUT2D eigenvalue weighted by Crippen LogP contribution is -2.08. The molecule has 0 heterocycles. The van der Waals surface area contributed by atoms with Crippen molar-refractivity contribution in [1.82, 2.24) is 0 Å². The second kappa shape index (κ2) is 7.92. The second-order valence-corrected chi connectivity index (χ2v) is 6.00. The number of hydrogen-bond donors (Lipinski definition) is 0. The SMILES string of the molecule is C=CC1CCCCC1.CC1CCC(C)CC1. The van der Waals surface area contributed by atoms with Gasteiger partial charge in [-0.2, -0.15) is 0 Å². The van der Waals surface area contributed by atoms with Crippen LogP contribution in [0.3, 0.4) is 0 Å². The topological polar surface area (TPSA) is 0 Å². The second-order valence-electron chi connectivity index (χ2n) is 6.00. The van der Waals surface area contributed by atoms with Gasteiger partial charge in [0.2, 0.25) is 0 Å². The molecule has 0 atom stereocenters. The Bertz CT molecular complexity index is 158. The maximum atomic E-state index is 3.78. The molecule has 2 aliphatic rings. The maximum absolute atomic E-state index is 3.78. The first-order valence-corrected chi connectivity index (χ1v) is 7.35. The van der Waals surface area contributed by atoms with Gasteiger partial charge in [0.15, 0.2) is 0 Å². The average Bonchev–Trinajstić information content (AvgIpc) is 2.35. The number of rotatable bonds is 1. The summed E-state index contributed by atoms with van der Waals surface area (Å²) in [5.41, 5.74) is 0. The van der Waals surface area contributed by atoms with E-state index in [0.29, 0.717) is 0 Å². The van der Waals surface area contributed by atoms with Gasteiger partial charge in [0.25, 0.3) is 0 Å². The quantitative estimate of drug-likeness (QED) is 0.508. The highest BCUT2D eigenvalue weighted by Gasteiger charge is 2.13. The molecule has 0 nitrogen and oxygen atoms in total. The van der Waals surface area contributed by atoms with Gasteiger partial charge in [-0.1, -0.05) is 64.9 Å². The summed E-state index contributed by atoms with van der Waals surface area (Å²) in [6.07, 6.45) is 15.1. The monoisotopic (exact) mass is 222 g/mol. The Hall–Kier alpha value is -0.260. The van der Waals surface area contributed by atoms with Gasteiger partial charge in [0.1, 0.15) is 0 Å². The van der Waals surface area contributed by atoms with Gasteiger partial charge in [-0.15, -0.1) is 6.58 Å². The van der Waals surface area contributed by atoms with E-state index in [1.54, 1.807) is 0 Å². The van der Waals surface area contributed by atoms with Crippen LogP contribution in [0.2, 0.25) is 0 Å². The van der Waals surface area contributed by atoms with Gasteiger partial charge in [-0.25, -0.2) is 0 Å². The summed E-state index contributed by atoms with van der Waals surface area (Å²) in [6, 6.07) is 0. The minimum absolute atomic E-state index is 0.851. The average molecular weight is 222 g/mol. The standard InChI is InChI=1S/C8H16.C8H14/c1-7-3-5-8(2)6-4-7;1-2-8-6-4-3-5-7-8/h7-8H,3-6H2,1-2H3;2,8H,1,3-7H2. The van der Waals surface area contributed by atoms with Crippen molar-refractivity contribution < 1.29 is 0 Å². The smallest absolute Gasteiger partial charge is 0.0236 e. The van der Waals surface area contributed by atoms with E-state index >= 15 is 0 Å². The zero-order valence-corrected chi connectivity index (χ0v) is 11.4. The largest absolute Gasteiger partial charge is 0.103 e. The Labute approximate surface area is 103 Å². The fraction of sp³-hybridized carbons (Fsp3) is 0.875. The molecular weight excluding hydrogens is 192 g/mol. The molecule has 0 aromatic carbocycles. The van der Waals surface area contributed by atoms with Crippen LogP contribution in [0.1, 0.15) is 71.6 Å². The van der Waals surface area contributed by atoms with Crippen molar-refractivity contribution >= 4 is 0 Å². The summed E-state index contributed by atoms with van der Waals surface area (Å²) in [5, 5.41) is 0. The normalized spacial score (nSPS) is 31.4. The van der Waals surface area contributed by atoms with Crippen molar-refractivity contribution in [2.45, 2.75) is 71.6 Å². The van der Waals surface area contributed by atoms with Crippen molar-refractivity contribution in [1.29, 1.82) is 0 Å². The molecule has 0 unspecified atom stereocenters. The Balaban J connectivity index is 0.000000160. The van der Waals surface area contributed by atoms with Crippen molar-refractivity contribution in [3.05, 3.63) is 12.7 Å². The lowest BCUT2D eigenvalue weighted by molar-refractivity contribution is 0.308.